The zero-order valence-electron chi connectivity index (χ0n) is 35.9. The van der Waals surface area contributed by atoms with Crippen molar-refractivity contribution in [3.8, 4) is 0 Å². The average molecular weight is 845 g/mol. The molecule has 0 aromatic rings. The van der Waals surface area contributed by atoms with E-state index in [0.29, 0.717) is 12.8 Å². The van der Waals surface area contributed by atoms with Crippen LogP contribution in [0.3, 0.4) is 0 Å². The second-order valence-electron chi connectivity index (χ2n) is 15.7. The van der Waals surface area contributed by atoms with Crippen LogP contribution in [0.4, 0.5) is 0 Å². The first-order chi connectivity index (χ1) is 28.0. The summed E-state index contributed by atoms with van der Waals surface area (Å²) >= 11 is 0. The Labute approximate surface area is 351 Å². The molecule has 0 aromatic carbocycles. The minimum absolute atomic E-state index is 0.143. The van der Waals surface area contributed by atoms with Gasteiger partial charge in [0.05, 0.1) is 6.61 Å². The number of ether oxygens (including phenoxy) is 4. The molecule has 0 radical (unpaired) electrons. The van der Waals surface area contributed by atoms with Gasteiger partial charge in [-0.1, -0.05) is 140 Å². The quantitative estimate of drug-likeness (QED) is 0.0153. The summed E-state index contributed by atoms with van der Waals surface area (Å²) in [6.07, 6.45) is 30.5. The molecule has 338 valence electrons. The van der Waals surface area contributed by atoms with Crippen LogP contribution in [-0.4, -0.2) is 96.0 Å². The molecule has 2 unspecified atom stereocenters. The van der Waals surface area contributed by atoms with Gasteiger partial charge >= 0.3 is 11.9 Å². The van der Waals surface area contributed by atoms with Crippen LogP contribution >= 0.6 is 0 Å². The van der Waals surface area contributed by atoms with Crippen molar-refractivity contribution in [1.29, 1.82) is 0 Å². The maximum atomic E-state index is 12.8. The van der Waals surface area contributed by atoms with Crippen LogP contribution in [0.1, 0.15) is 181 Å². The van der Waals surface area contributed by atoms with E-state index in [2.05, 4.69) is 50.3 Å². The van der Waals surface area contributed by atoms with Crippen molar-refractivity contribution in [2.45, 2.75) is 218 Å². The highest BCUT2D eigenvalue weighted by atomic mass is 32.2. The summed E-state index contributed by atoms with van der Waals surface area (Å²) in [5, 5.41) is 30.9. The van der Waals surface area contributed by atoms with Crippen molar-refractivity contribution in [3.05, 3.63) is 36.5 Å². The van der Waals surface area contributed by atoms with Crippen molar-refractivity contribution in [2.24, 2.45) is 0 Å². The minimum Gasteiger partial charge on any atom is -0.462 e. The molecule has 1 aliphatic heterocycles. The molecule has 1 rings (SSSR count). The van der Waals surface area contributed by atoms with Gasteiger partial charge < -0.3 is 34.3 Å². The minimum atomic E-state index is -4.60. The SMILES string of the molecule is CCCCCC/C=C/C=C/CCCCCCCC(=O)O[C@H](COC(=O)CCCC/C=C/CCCCCCCCCCC)CO[C@H]1O[C@H](CS(=O)(=O)O)[C@@H](O)C(O)C1O. The molecule has 1 aliphatic rings. The fourth-order valence-corrected chi connectivity index (χ4v) is 7.35. The number of carbonyl (C=O) groups is 2. The second kappa shape index (κ2) is 35.6. The lowest BCUT2D eigenvalue weighted by Gasteiger charge is -2.40. The standard InChI is InChI=1S/C45H80O12S/c1-3-5-7-9-11-13-15-17-19-21-23-25-27-29-31-33-40(46)54-35-38(36-55-45-44(50)43(49)42(48)39(57-45)37-58(51,52)53)56-41(47)34-32-30-28-26-24-22-20-18-16-14-12-10-8-6-4-2/h14,16,18,20,23,25,38-39,42-45,48-50H,3-13,15,17,19,21-22,24,26-37H2,1-2H3,(H,51,52,53)/b16-14+,20-18+,25-23+/t38-,39-,42-,43?,44?,45+/m1/s1. The van der Waals surface area contributed by atoms with Gasteiger partial charge in [0.1, 0.15) is 36.8 Å². The summed E-state index contributed by atoms with van der Waals surface area (Å²) in [4.78, 5) is 25.4. The van der Waals surface area contributed by atoms with Gasteiger partial charge in [-0.3, -0.25) is 14.1 Å². The fraction of sp³-hybridized carbons (Fsp3) is 0.822. The van der Waals surface area contributed by atoms with Gasteiger partial charge in [-0.15, -0.1) is 0 Å². The number of hydrogen-bond acceptors (Lipinski definition) is 11. The lowest BCUT2D eigenvalue weighted by molar-refractivity contribution is -0.297. The van der Waals surface area contributed by atoms with Gasteiger partial charge in [-0.05, 0) is 64.2 Å². The third-order valence-electron chi connectivity index (χ3n) is 10.2. The Kier molecular flexibility index (Phi) is 33.1. The van der Waals surface area contributed by atoms with Crippen LogP contribution < -0.4 is 0 Å². The van der Waals surface area contributed by atoms with E-state index in [1.807, 2.05) is 0 Å². The Balaban J connectivity index is 2.48. The van der Waals surface area contributed by atoms with E-state index in [-0.39, 0.29) is 19.4 Å². The molecule has 13 heteroatoms. The Bertz CT molecular complexity index is 1220. The number of aliphatic hydroxyl groups excluding tert-OH is 3. The first kappa shape index (κ1) is 53.9. The lowest BCUT2D eigenvalue weighted by atomic mass is 10.00. The topological polar surface area (TPSA) is 186 Å². The zero-order valence-corrected chi connectivity index (χ0v) is 36.7. The van der Waals surface area contributed by atoms with Crippen molar-refractivity contribution >= 4 is 22.1 Å². The number of esters is 2. The predicted molar refractivity (Wildman–Crippen MR) is 229 cm³/mol. The smallest absolute Gasteiger partial charge is 0.306 e. The summed E-state index contributed by atoms with van der Waals surface area (Å²) in [6.45, 7) is 3.70. The Morgan fingerprint density at radius 1 is 0.586 bits per heavy atom. The molecule has 4 N–H and O–H groups in total. The second-order valence-corrected chi connectivity index (χ2v) is 17.2. The van der Waals surface area contributed by atoms with Gasteiger partial charge in [0, 0.05) is 12.8 Å². The van der Waals surface area contributed by atoms with Gasteiger partial charge in [-0.25, -0.2) is 0 Å². The van der Waals surface area contributed by atoms with Crippen LogP contribution in [0.2, 0.25) is 0 Å². The molecule has 1 saturated heterocycles. The maximum absolute atomic E-state index is 12.8. The first-order valence-electron chi connectivity index (χ1n) is 22.6. The van der Waals surface area contributed by atoms with Crippen molar-refractivity contribution < 1.29 is 56.8 Å². The molecule has 0 aliphatic carbocycles. The van der Waals surface area contributed by atoms with Crippen molar-refractivity contribution in [2.75, 3.05) is 19.0 Å². The molecule has 0 aromatic heterocycles. The van der Waals surface area contributed by atoms with Crippen molar-refractivity contribution in [1.82, 2.24) is 0 Å². The van der Waals surface area contributed by atoms with Gasteiger partial charge in [0.2, 0.25) is 0 Å². The number of carbonyl (C=O) groups excluding carboxylic acids is 2. The van der Waals surface area contributed by atoms with Crippen LogP contribution in [0.15, 0.2) is 36.5 Å². The van der Waals surface area contributed by atoms with Crippen LogP contribution in [0, 0.1) is 0 Å². The number of aliphatic hydroxyl groups is 3. The summed E-state index contributed by atoms with van der Waals surface area (Å²) in [6, 6.07) is 0. The Morgan fingerprint density at radius 3 is 1.59 bits per heavy atom. The molecular weight excluding hydrogens is 765 g/mol. The summed E-state index contributed by atoms with van der Waals surface area (Å²) < 4.78 is 54.0. The molecular formula is C45H80O12S. The van der Waals surface area contributed by atoms with E-state index in [1.165, 1.54) is 83.5 Å². The van der Waals surface area contributed by atoms with Crippen LogP contribution in [0.25, 0.3) is 0 Å². The van der Waals surface area contributed by atoms with Gasteiger partial charge in [0.25, 0.3) is 10.1 Å². The average Bonchev–Trinajstić information content (AvgIpc) is 3.18. The largest absolute Gasteiger partial charge is 0.462 e. The lowest BCUT2D eigenvalue weighted by Crippen LogP contribution is -2.60. The van der Waals surface area contributed by atoms with E-state index < -0.39 is 71.2 Å². The molecule has 58 heavy (non-hydrogen) atoms. The Morgan fingerprint density at radius 2 is 1.03 bits per heavy atom. The van der Waals surface area contributed by atoms with Gasteiger partial charge in [-0.2, -0.15) is 8.42 Å². The molecule has 0 bridgehead atoms. The van der Waals surface area contributed by atoms with Crippen LogP contribution in [-0.2, 0) is 38.7 Å². The predicted octanol–water partition coefficient (Wildman–Crippen LogP) is 9.00. The zero-order chi connectivity index (χ0) is 42.7. The summed E-state index contributed by atoms with van der Waals surface area (Å²) in [5.74, 6) is -2.03. The number of rotatable bonds is 37. The molecule has 12 nitrogen and oxygen atoms in total. The maximum Gasteiger partial charge on any atom is 0.306 e. The van der Waals surface area contributed by atoms with E-state index >= 15 is 0 Å². The molecule has 1 fully saturated rings. The Hall–Kier alpha value is -2.13. The molecule has 0 spiro atoms. The summed E-state index contributed by atoms with van der Waals surface area (Å²) in [7, 11) is -4.60. The van der Waals surface area contributed by atoms with E-state index in [4.69, 9.17) is 18.9 Å². The summed E-state index contributed by atoms with van der Waals surface area (Å²) in [5.41, 5.74) is 0. The number of unbranched alkanes of at least 4 members (excludes halogenated alkanes) is 20. The van der Waals surface area contributed by atoms with E-state index in [9.17, 15) is 37.9 Å². The molecule has 0 amide bonds. The highest BCUT2D eigenvalue weighted by Gasteiger charge is 2.46. The first-order valence-corrected chi connectivity index (χ1v) is 24.2. The highest BCUT2D eigenvalue weighted by molar-refractivity contribution is 7.85. The third kappa shape index (κ3) is 30.0. The van der Waals surface area contributed by atoms with E-state index in [1.54, 1.807) is 0 Å². The molecule has 6 atom stereocenters. The number of hydrogen-bond donors (Lipinski definition) is 4. The fourth-order valence-electron chi connectivity index (χ4n) is 6.66. The van der Waals surface area contributed by atoms with E-state index in [0.717, 1.165) is 57.8 Å². The van der Waals surface area contributed by atoms with Crippen LogP contribution in [0.5, 0.6) is 0 Å². The monoisotopic (exact) mass is 845 g/mol. The normalized spacial score (nSPS) is 20.7. The molecule has 0 saturated carbocycles. The third-order valence-corrected chi connectivity index (χ3v) is 11.0. The number of allylic oxidation sites excluding steroid dienone is 6. The highest BCUT2D eigenvalue weighted by Crippen LogP contribution is 2.24. The molecule has 1 heterocycles. The van der Waals surface area contributed by atoms with Crippen molar-refractivity contribution in [3.63, 3.8) is 0 Å². The van der Waals surface area contributed by atoms with Gasteiger partial charge in [0.15, 0.2) is 12.4 Å².